The molecule has 4 rings (SSSR count). The Morgan fingerprint density at radius 3 is 2.50 bits per heavy atom. The molecular weight excluding hydrogens is 296 g/mol. The molecule has 3 nitrogen and oxygen atoms in total. The zero-order valence-electron chi connectivity index (χ0n) is 14.2. The number of piperidine rings is 1. The molecule has 1 fully saturated rings. The van der Waals surface area contributed by atoms with Crippen molar-refractivity contribution in [3.8, 4) is 0 Å². The van der Waals surface area contributed by atoms with Gasteiger partial charge in [-0.25, -0.2) is 0 Å². The van der Waals surface area contributed by atoms with Crippen LogP contribution in [0.25, 0.3) is 0 Å². The highest BCUT2D eigenvalue weighted by Gasteiger charge is 2.40. The monoisotopic (exact) mass is 320 g/mol. The van der Waals surface area contributed by atoms with Gasteiger partial charge in [0.1, 0.15) is 6.04 Å². The summed E-state index contributed by atoms with van der Waals surface area (Å²) in [5, 5.41) is 3.15. The summed E-state index contributed by atoms with van der Waals surface area (Å²) in [6.07, 6.45) is 3.65. The van der Waals surface area contributed by atoms with Crippen molar-refractivity contribution in [2.75, 3.05) is 18.4 Å². The molecule has 1 saturated heterocycles. The van der Waals surface area contributed by atoms with Crippen molar-refractivity contribution in [1.29, 1.82) is 0 Å². The Kier molecular flexibility index (Phi) is 4.11. The van der Waals surface area contributed by atoms with Crippen molar-refractivity contribution >= 4 is 11.6 Å². The van der Waals surface area contributed by atoms with Gasteiger partial charge in [0.25, 0.3) is 0 Å². The molecule has 24 heavy (non-hydrogen) atoms. The van der Waals surface area contributed by atoms with Crippen LogP contribution in [0.4, 0.5) is 5.69 Å². The minimum atomic E-state index is -0.109. The molecule has 0 aliphatic carbocycles. The largest absolute Gasteiger partial charge is 0.324 e. The average Bonchev–Trinajstić information content (AvgIpc) is 2.62. The van der Waals surface area contributed by atoms with Gasteiger partial charge in [0.05, 0.1) is 0 Å². The van der Waals surface area contributed by atoms with Crippen LogP contribution in [0.5, 0.6) is 0 Å². The van der Waals surface area contributed by atoms with Crippen molar-refractivity contribution in [1.82, 2.24) is 4.90 Å². The summed E-state index contributed by atoms with van der Waals surface area (Å²) < 4.78 is 0. The van der Waals surface area contributed by atoms with E-state index in [0.717, 1.165) is 18.8 Å². The number of likely N-dealkylation sites (tertiary alicyclic amines) is 1. The number of rotatable bonds is 2. The Morgan fingerprint density at radius 2 is 1.75 bits per heavy atom. The Balaban J connectivity index is 1.83. The van der Waals surface area contributed by atoms with E-state index in [-0.39, 0.29) is 17.9 Å². The Morgan fingerprint density at radius 1 is 1.00 bits per heavy atom. The van der Waals surface area contributed by atoms with Gasteiger partial charge in [-0.2, -0.15) is 0 Å². The summed E-state index contributed by atoms with van der Waals surface area (Å²) in [4.78, 5) is 15.4. The van der Waals surface area contributed by atoms with Gasteiger partial charge in [0.2, 0.25) is 5.91 Å². The standard InChI is InChI=1S/C21H24N2O/c1-15-10-11-18-17(14-15)19(16-8-4-2-5-9-16)20(21(24)22-18)23-12-6-3-7-13-23/h2,4-5,8-11,14,19-20H,3,6-7,12-13H2,1H3,(H,22,24)/t19-,20-/m0/s1. The van der Waals surface area contributed by atoms with Crippen LogP contribution in [0, 0.1) is 6.92 Å². The SMILES string of the molecule is Cc1ccc2c(c1)[C@H](c1ccccc1)[C@H](N1CCCCC1)C(=O)N2. The summed E-state index contributed by atoms with van der Waals surface area (Å²) in [6, 6.07) is 16.8. The van der Waals surface area contributed by atoms with Crippen molar-refractivity contribution in [3.05, 3.63) is 65.2 Å². The third kappa shape index (κ3) is 2.73. The summed E-state index contributed by atoms with van der Waals surface area (Å²) in [7, 11) is 0. The second kappa shape index (κ2) is 6.40. The van der Waals surface area contributed by atoms with E-state index in [1.54, 1.807) is 0 Å². The van der Waals surface area contributed by atoms with Gasteiger partial charge in [0.15, 0.2) is 0 Å². The molecule has 3 heteroatoms. The van der Waals surface area contributed by atoms with Crippen LogP contribution in [-0.4, -0.2) is 29.9 Å². The molecule has 0 radical (unpaired) electrons. The predicted octanol–water partition coefficient (Wildman–Crippen LogP) is 3.93. The molecule has 1 N–H and O–H groups in total. The summed E-state index contributed by atoms with van der Waals surface area (Å²) >= 11 is 0. The lowest BCUT2D eigenvalue weighted by Gasteiger charge is -2.42. The van der Waals surface area contributed by atoms with Gasteiger partial charge in [-0.05, 0) is 50.0 Å². The molecule has 2 aliphatic heterocycles. The number of hydrogen-bond acceptors (Lipinski definition) is 2. The Labute approximate surface area is 143 Å². The molecule has 2 aliphatic rings. The van der Waals surface area contributed by atoms with E-state index in [9.17, 15) is 4.79 Å². The first kappa shape index (κ1) is 15.4. The molecule has 2 heterocycles. The predicted molar refractivity (Wildman–Crippen MR) is 97.3 cm³/mol. The van der Waals surface area contributed by atoms with Crippen molar-refractivity contribution < 1.29 is 4.79 Å². The zero-order valence-corrected chi connectivity index (χ0v) is 14.2. The maximum atomic E-state index is 13.0. The number of anilines is 1. The number of nitrogens with one attached hydrogen (secondary N) is 1. The molecule has 0 saturated carbocycles. The summed E-state index contributed by atoms with van der Waals surface area (Å²) in [6.45, 7) is 4.15. The molecule has 2 aromatic carbocycles. The van der Waals surface area contributed by atoms with Crippen molar-refractivity contribution in [3.63, 3.8) is 0 Å². The third-order valence-electron chi connectivity index (χ3n) is 5.33. The number of nitrogens with zero attached hydrogens (tertiary/aromatic N) is 1. The number of amides is 1. The topological polar surface area (TPSA) is 32.3 Å². The van der Waals surface area contributed by atoms with E-state index in [2.05, 4.69) is 53.5 Å². The quantitative estimate of drug-likeness (QED) is 0.909. The molecular formula is C21H24N2O. The van der Waals surface area contributed by atoms with Crippen LogP contribution >= 0.6 is 0 Å². The number of hydrogen-bond donors (Lipinski definition) is 1. The van der Waals surface area contributed by atoms with Gasteiger partial charge < -0.3 is 5.32 Å². The zero-order chi connectivity index (χ0) is 16.5. The van der Waals surface area contributed by atoms with Crippen LogP contribution in [0.15, 0.2) is 48.5 Å². The molecule has 0 unspecified atom stereocenters. The first-order valence-corrected chi connectivity index (χ1v) is 8.94. The first-order chi connectivity index (χ1) is 11.7. The van der Waals surface area contributed by atoms with Crippen LogP contribution in [0.2, 0.25) is 0 Å². The van der Waals surface area contributed by atoms with Crippen LogP contribution < -0.4 is 5.32 Å². The lowest BCUT2D eigenvalue weighted by Crippen LogP contribution is -2.52. The van der Waals surface area contributed by atoms with E-state index >= 15 is 0 Å². The highest BCUT2D eigenvalue weighted by molar-refractivity contribution is 5.99. The number of benzene rings is 2. The van der Waals surface area contributed by atoms with E-state index in [1.165, 1.54) is 36.0 Å². The Bertz CT molecular complexity index is 735. The van der Waals surface area contributed by atoms with Gasteiger partial charge in [-0.15, -0.1) is 0 Å². The second-order valence-corrected chi connectivity index (χ2v) is 7.01. The highest BCUT2D eigenvalue weighted by Crippen LogP contribution is 2.40. The number of carbonyl (C=O) groups excluding carboxylic acids is 1. The van der Waals surface area contributed by atoms with Crippen molar-refractivity contribution in [2.45, 2.75) is 38.1 Å². The fourth-order valence-electron chi connectivity index (χ4n) is 4.18. The van der Waals surface area contributed by atoms with E-state index < -0.39 is 0 Å². The van der Waals surface area contributed by atoms with Gasteiger partial charge in [-0.3, -0.25) is 9.69 Å². The maximum Gasteiger partial charge on any atom is 0.242 e. The fraction of sp³-hybridized carbons (Fsp3) is 0.381. The lowest BCUT2D eigenvalue weighted by molar-refractivity contribution is -0.122. The average molecular weight is 320 g/mol. The molecule has 0 spiro atoms. The van der Waals surface area contributed by atoms with Crippen LogP contribution in [0.3, 0.4) is 0 Å². The van der Waals surface area contributed by atoms with E-state index in [0.29, 0.717) is 0 Å². The fourth-order valence-corrected chi connectivity index (χ4v) is 4.18. The number of aryl methyl sites for hydroxylation is 1. The minimum Gasteiger partial charge on any atom is -0.324 e. The van der Waals surface area contributed by atoms with Crippen molar-refractivity contribution in [2.24, 2.45) is 0 Å². The third-order valence-corrected chi connectivity index (χ3v) is 5.33. The Hall–Kier alpha value is -2.13. The highest BCUT2D eigenvalue weighted by atomic mass is 16.2. The van der Waals surface area contributed by atoms with Crippen LogP contribution in [-0.2, 0) is 4.79 Å². The summed E-state index contributed by atoms with van der Waals surface area (Å²) in [5.74, 6) is 0.245. The number of carbonyl (C=O) groups is 1. The van der Waals surface area contributed by atoms with Gasteiger partial charge >= 0.3 is 0 Å². The molecule has 124 valence electrons. The molecule has 2 aromatic rings. The van der Waals surface area contributed by atoms with E-state index in [4.69, 9.17) is 0 Å². The first-order valence-electron chi connectivity index (χ1n) is 8.94. The number of fused-ring (bicyclic) bond motifs is 1. The summed E-state index contributed by atoms with van der Waals surface area (Å²) in [5.41, 5.74) is 4.68. The van der Waals surface area contributed by atoms with Gasteiger partial charge in [-0.1, -0.05) is 54.4 Å². The smallest absolute Gasteiger partial charge is 0.242 e. The maximum absolute atomic E-state index is 13.0. The lowest BCUT2D eigenvalue weighted by atomic mass is 9.79. The van der Waals surface area contributed by atoms with Crippen LogP contribution in [0.1, 0.15) is 41.9 Å². The molecule has 0 aromatic heterocycles. The normalized spacial score (nSPS) is 24.3. The molecule has 0 bridgehead atoms. The van der Waals surface area contributed by atoms with Gasteiger partial charge in [0, 0.05) is 11.6 Å². The second-order valence-electron chi connectivity index (χ2n) is 7.01. The minimum absolute atomic E-state index is 0.105. The molecule has 1 amide bonds. The van der Waals surface area contributed by atoms with E-state index in [1.807, 2.05) is 12.1 Å². The molecule has 2 atom stereocenters.